The Balaban J connectivity index is 1.84. The quantitative estimate of drug-likeness (QED) is 0.857. The molecule has 1 saturated carbocycles. The predicted octanol–water partition coefficient (Wildman–Crippen LogP) is 1.50. The Kier molecular flexibility index (Phi) is 4.25. The molecule has 98 valence electrons. The van der Waals surface area contributed by atoms with Crippen LogP contribution in [0.4, 0.5) is 4.39 Å². The van der Waals surface area contributed by atoms with Crippen LogP contribution in [-0.4, -0.2) is 28.6 Å². The molecule has 2 rings (SSSR count). The number of aliphatic hydroxyl groups is 1. The number of nitrogens with one attached hydrogen (secondary N) is 1. The van der Waals surface area contributed by atoms with Gasteiger partial charge in [0.2, 0.25) is 0 Å². The number of rotatable bonds is 3. The normalized spacial score (nSPS) is 23.7. The molecular weight excluding hydrogens is 235 g/mol. The molecule has 0 radical (unpaired) electrons. The molecule has 1 aliphatic carbocycles. The highest BCUT2D eigenvalue weighted by Crippen LogP contribution is 2.23. The van der Waals surface area contributed by atoms with Crippen LogP contribution in [0.3, 0.4) is 0 Å². The van der Waals surface area contributed by atoms with E-state index in [1.54, 1.807) is 0 Å². The second-order valence-corrected chi connectivity index (χ2v) is 4.79. The van der Waals surface area contributed by atoms with E-state index in [0.29, 0.717) is 12.5 Å². The highest BCUT2D eigenvalue weighted by Gasteiger charge is 2.20. The molecule has 2 N–H and O–H groups in total. The summed E-state index contributed by atoms with van der Waals surface area (Å²) >= 11 is 0. The van der Waals surface area contributed by atoms with Crippen molar-refractivity contribution in [1.29, 1.82) is 0 Å². The Labute approximate surface area is 105 Å². The molecule has 0 bridgehead atoms. The highest BCUT2D eigenvalue weighted by atomic mass is 19.1. The Bertz CT molecular complexity index is 425. The summed E-state index contributed by atoms with van der Waals surface area (Å²) in [5.74, 6) is -0.531. The molecule has 1 aromatic heterocycles. The number of aromatic nitrogens is 1. The van der Waals surface area contributed by atoms with Gasteiger partial charge in [0.1, 0.15) is 5.82 Å². The van der Waals surface area contributed by atoms with Crippen LogP contribution in [0.5, 0.6) is 0 Å². The number of amides is 1. The van der Waals surface area contributed by atoms with E-state index in [-0.39, 0.29) is 17.6 Å². The molecule has 0 aromatic carbocycles. The van der Waals surface area contributed by atoms with Crippen molar-refractivity contribution in [3.05, 3.63) is 29.8 Å². The number of nitrogens with zero attached hydrogens (tertiary/aromatic N) is 1. The van der Waals surface area contributed by atoms with Gasteiger partial charge in [-0.1, -0.05) is 6.42 Å². The monoisotopic (exact) mass is 252 g/mol. The smallest absolute Gasteiger partial charge is 0.252 e. The van der Waals surface area contributed by atoms with E-state index in [0.717, 1.165) is 37.9 Å². The summed E-state index contributed by atoms with van der Waals surface area (Å²) in [5, 5.41) is 12.3. The van der Waals surface area contributed by atoms with Crippen molar-refractivity contribution in [3.63, 3.8) is 0 Å². The van der Waals surface area contributed by atoms with Gasteiger partial charge in [0.05, 0.1) is 17.9 Å². The van der Waals surface area contributed by atoms with Crippen molar-refractivity contribution in [3.8, 4) is 0 Å². The van der Waals surface area contributed by atoms with Gasteiger partial charge in [-0.05, 0) is 31.2 Å². The fraction of sp³-hybridized carbons (Fsp3) is 0.538. The highest BCUT2D eigenvalue weighted by molar-refractivity contribution is 5.93. The first-order valence-corrected chi connectivity index (χ1v) is 6.22. The zero-order chi connectivity index (χ0) is 13.0. The van der Waals surface area contributed by atoms with Crippen molar-refractivity contribution >= 4 is 5.91 Å². The van der Waals surface area contributed by atoms with E-state index < -0.39 is 5.82 Å². The van der Waals surface area contributed by atoms with Gasteiger partial charge in [-0.25, -0.2) is 4.39 Å². The van der Waals surface area contributed by atoms with Crippen LogP contribution in [0.15, 0.2) is 18.5 Å². The standard InChI is InChI=1S/C13H17FN2O2/c14-11-5-10(7-15-8-11)13(18)16-6-9-2-1-3-12(17)4-9/h5,7-9,12,17H,1-4,6H2,(H,16,18). The third kappa shape index (κ3) is 3.50. The summed E-state index contributed by atoms with van der Waals surface area (Å²) in [5.41, 5.74) is 0.228. The number of aliphatic hydroxyl groups excluding tert-OH is 1. The van der Waals surface area contributed by atoms with Crippen LogP contribution >= 0.6 is 0 Å². The number of carbonyl (C=O) groups is 1. The lowest BCUT2D eigenvalue weighted by molar-refractivity contribution is 0.0873. The van der Waals surface area contributed by atoms with Gasteiger partial charge < -0.3 is 10.4 Å². The molecule has 18 heavy (non-hydrogen) atoms. The molecule has 1 heterocycles. The maximum atomic E-state index is 12.9. The molecule has 1 fully saturated rings. The fourth-order valence-corrected chi connectivity index (χ4v) is 2.32. The Hall–Kier alpha value is -1.49. The molecule has 0 saturated heterocycles. The van der Waals surface area contributed by atoms with Gasteiger partial charge in [-0.15, -0.1) is 0 Å². The predicted molar refractivity (Wildman–Crippen MR) is 64.5 cm³/mol. The van der Waals surface area contributed by atoms with Crippen molar-refractivity contribution in [2.24, 2.45) is 5.92 Å². The maximum absolute atomic E-state index is 12.9. The van der Waals surface area contributed by atoms with Crippen LogP contribution in [0.25, 0.3) is 0 Å². The van der Waals surface area contributed by atoms with E-state index in [4.69, 9.17) is 0 Å². The van der Waals surface area contributed by atoms with Gasteiger partial charge in [0, 0.05) is 12.7 Å². The number of pyridine rings is 1. The summed E-state index contributed by atoms with van der Waals surface area (Å²) < 4.78 is 12.9. The van der Waals surface area contributed by atoms with E-state index in [2.05, 4.69) is 10.3 Å². The van der Waals surface area contributed by atoms with Gasteiger partial charge in [-0.2, -0.15) is 0 Å². The van der Waals surface area contributed by atoms with Crippen LogP contribution in [0.1, 0.15) is 36.0 Å². The van der Waals surface area contributed by atoms with E-state index in [1.165, 1.54) is 6.20 Å². The zero-order valence-corrected chi connectivity index (χ0v) is 10.1. The molecule has 0 aliphatic heterocycles. The molecule has 4 nitrogen and oxygen atoms in total. The SMILES string of the molecule is O=C(NCC1CCCC(O)C1)c1cncc(F)c1. The van der Waals surface area contributed by atoms with E-state index in [1.807, 2.05) is 0 Å². The number of carbonyl (C=O) groups excluding carboxylic acids is 1. The van der Waals surface area contributed by atoms with Crippen molar-refractivity contribution in [1.82, 2.24) is 10.3 Å². The summed E-state index contributed by atoms with van der Waals surface area (Å²) in [6, 6.07) is 1.16. The lowest BCUT2D eigenvalue weighted by atomic mass is 9.87. The van der Waals surface area contributed by atoms with Crippen LogP contribution < -0.4 is 5.32 Å². The van der Waals surface area contributed by atoms with Crippen molar-refractivity contribution < 1.29 is 14.3 Å². The maximum Gasteiger partial charge on any atom is 0.252 e. The molecule has 2 atom stereocenters. The zero-order valence-electron chi connectivity index (χ0n) is 10.1. The molecule has 1 amide bonds. The Morgan fingerprint density at radius 1 is 1.50 bits per heavy atom. The second-order valence-electron chi connectivity index (χ2n) is 4.79. The largest absolute Gasteiger partial charge is 0.393 e. The third-order valence-corrected chi connectivity index (χ3v) is 3.27. The lowest BCUT2D eigenvalue weighted by Crippen LogP contribution is -2.33. The number of halogens is 1. The Morgan fingerprint density at radius 3 is 3.06 bits per heavy atom. The minimum atomic E-state index is -0.518. The second kappa shape index (κ2) is 5.91. The van der Waals surface area contributed by atoms with Crippen LogP contribution in [-0.2, 0) is 0 Å². The third-order valence-electron chi connectivity index (χ3n) is 3.27. The first-order chi connectivity index (χ1) is 8.65. The summed E-state index contributed by atoms with van der Waals surface area (Å²) in [6.45, 7) is 0.520. The van der Waals surface area contributed by atoms with Gasteiger partial charge in [0.15, 0.2) is 0 Å². The van der Waals surface area contributed by atoms with Crippen LogP contribution in [0.2, 0.25) is 0 Å². The molecule has 0 spiro atoms. The lowest BCUT2D eigenvalue weighted by Gasteiger charge is -2.25. The minimum Gasteiger partial charge on any atom is -0.393 e. The molecular formula is C13H17FN2O2. The van der Waals surface area contributed by atoms with E-state index >= 15 is 0 Å². The van der Waals surface area contributed by atoms with Gasteiger partial charge >= 0.3 is 0 Å². The molecule has 1 aromatic rings. The fourth-order valence-electron chi connectivity index (χ4n) is 2.32. The summed E-state index contributed by atoms with van der Waals surface area (Å²) in [6.07, 6.45) is 5.72. The first-order valence-electron chi connectivity index (χ1n) is 6.22. The molecule has 1 aliphatic rings. The van der Waals surface area contributed by atoms with Gasteiger partial charge in [-0.3, -0.25) is 9.78 Å². The first kappa shape index (κ1) is 13.0. The van der Waals surface area contributed by atoms with Gasteiger partial charge in [0.25, 0.3) is 5.91 Å². The summed E-state index contributed by atoms with van der Waals surface area (Å²) in [4.78, 5) is 15.4. The topological polar surface area (TPSA) is 62.2 Å². The number of hydrogen-bond donors (Lipinski definition) is 2. The average molecular weight is 252 g/mol. The summed E-state index contributed by atoms with van der Waals surface area (Å²) in [7, 11) is 0. The Morgan fingerprint density at radius 2 is 2.33 bits per heavy atom. The number of hydrogen-bond acceptors (Lipinski definition) is 3. The van der Waals surface area contributed by atoms with Crippen molar-refractivity contribution in [2.45, 2.75) is 31.8 Å². The minimum absolute atomic E-state index is 0.228. The molecule has 5 heteroatoms. The molecule has 2 unspecified atom stereocenters. The average Bonchev–Trinajstić information content (AvgIpc) is 2.36. The van der Waals surface area contributed by atoms with Crippen LogP contribution in [0, 0.1) is 11.7 Å². The van der Waals surface area contributed by atoms with E-state index in [9.17, 15) is 14.3 Å². The van der Waals surface area contributed by atoms with Crippen molar-refractivity contribution in [2.75, 3.05) is 6.54 Å².